The molecule has 0 amide bonds. The monoisotopic (exact) mass is 416 g/mol. The summed E-state index contributed by atoms with van der Waals surface area (Å²) in [5, 5.41) is 0. The molecule has 0 N–H and O–H groups in total. The highest BCUT2D eigenvalue weighted by atomic mass is 127. The van der Waals surface area contributed by atoms with Crippen LogP contribution in [0.15, 0.2) is 24.3 Å². The Kier molecular flexibility index (Phi) is 8.85. The first-order chi connectivity index (χ1) is 9.12. The highest BCUT2D eigenvalue weighted by Gasteiger charge is 2.12. The van der Waals surface area contributed by atoms with Crippen LogP contribution >= 0.6 is 22.6 Å². The smallest absolute Gasteiger partial charge is 0.197 e. The van der Waals surface area contributed by atoms with Crippen LogP contribution in [0.1, 0.15) is 46.1 Å². The molecule has 0 bridgehead atoms. The van der Waals surface area contributed by atoms with E-state index in [0.29, 0.717) is 12.8 Å². The summed E-state index contributed by atoms with van der Waals surface area (Å²) >= 11 is 2.32. The summed E-state index contributed by atoms with van der Waals surface area (Å²) in [5.74, 6) is -0.236. The first-order valence-corrected chi connectivity index (χ1v) is 9.07. The van der Waals surface area contributed by atoms with E-state index in [1.165, 1.54) is 9.13 Å². The van der Waals surface area contributed by atoms with Gasteiger partial charge in [-0.3, -0.25) is 0 Å². The molecule has 0 atom stereocenters. The van der Waals surface area contributed by atoms with Gasteiger partial charge < -0.3 is 0 Å². The van der Waals surface area contributed by atoms with Gasteiger partial charge in [-0.15, -0.1) is 0 Å². The number of unbranched alkanes of at least 4 members (excludes halogenated alkanes) is 1. The molecule has 0 aliphatic heterocycles. The van der Waals surface area contributed by atoms with Crippen LogP contribution in [0, 0.1) is 3.57 Å². The third-order valence-electron chi connectivity index (χ3n) is 2.55. The van der Waals surface area contributed by atoms with E-state index in [1.54, 1.807) is 0 Å². The summed E-state index contributed by atoms with van der Waals surface area (Å²) in [6.45, 7) is 8.51. The van der Waals surface area contributed by atoms with Gasteiger partial charge in [0, 0.05) is 3.57 Å². The lowest BCUT2D eigenvalue weighted by Gasteiger charge is -2.18. The minimum absolute atomic E-state index is 0.236. The van der Waals surface area contributed by atoms with Gasteiger partial charge in [-0.25, -0.2) is 0 Å². The van der Waals surface area contributed by atoms with Gasteiger partial charge in [0.15, 0.2) is 0 Å². The summed E-state index contributed by atoms with van der Waals surface area (Å²) in [6.07, 6.45) is 1.15. The molecule has 0 unspecified atom stereocenters. The molecule has 0 heterocycles. The minimum Gasteiger partial charge on any atom is -0.197 e. The lowest BCUT2D eigenvalue weighted by molar-refractivity contribution is 0.00290. The molecule has 0 saturated carbocycles. The second-order valence-corrected chi connectivity index (χ2v) is 8.33. The van der Waals surface area contributed by atoms with Gasteiger partial charge in [0.25, 0.3) is 10.1 Å². The fourth-order valence-electron chi connectivity index (χ4n) is 1.30. The van der Waals surface area contributed by atoms with E-state index in [0.717, 1.165) is 0 Å². The third kappa shape index (κ3) is 8.86. The Bertz CT molecular complexity index is 478. The van der Waals surface area contributed by atoms with Gasteiger partial charge in [0.05, 0.1) is 5.75 Å². The molecule has 0 aliphatic rings. The molecule has 0 radical (unpaired) electrons. The van der Waals surface area contributed by atoms with Crippen molar-refractivity contribution in [1.82, 2.24) is 0 Å². The topological polar surface area (TPSA) is 43.4 Å². The van der Waals surface area contributed by atoms with Crippen molar-refractivity contribution in [1.29, 1.82) is 0 Å². The van der Waals surface area contributed by atoms with E-state index in [1.807, 2.05) is 6.92 Å². The van der Waals surface area contributed by atoms with Crippen LogP contribution in [-0.2, 0) is 19.9 Å². The largest absolute Gasteiger partial charge is 0.297 e. The molecule has 0 aromatic heterocycles. The van der Waals surface area contributed by atoms with Crippen molar-refractivity contribution in [2.24, 2.45) is 0 Å². The maximum absolute atomic E-state index is 11.0. The van der Waals surface area contributed by atoms with E-state index in [-0.39, 0.29) is 11.2 Å². The van der Waals surface area contributed by atoms with Crippen molar-refractivity contribution < 1.29 is 17.3 Å². The molecular formula is C14H22FIO3S. The van der Waals surface area contributed by atoms with Gasteiger partial charge in [-0.2, -0.15) is 8.42 Å². The average Bonchev–Trinajstić information content (AvgIpc) is 2.37. The fourth-order valence-corrected chi connectivity index (χ4v) is 2.37. The molecule has 1 rings (SSSR count). The quantitative estimate of drug-likeness (QED) is 0.674. The fraction of sp³-hybridized carbons (Fsp3) is 0.571. The van der Waals surface area contributed by atoms with E-state index in [4.69, 9.17) is 0 Å². The van der Waals surface area contributed by atoms with E-state index in [2.05, 4.69) is 72.0 Å². The summed E-state index contributed by atoms with van der Waals surface area (Å²) in [5.41, 5.74) is 1.68. The Morgan fingerprint density at radius 1 is 1.20 bits per heavy atom. The lowest BCUT2D eigenvalue weighted by Crippen LogP contribution is -2.10. The maximum atomic E-state index is 11.0. The van der Waals surface area contributed by atoms with Gasteiger partial charge >= 0.3 is 0 Å². The van der Waals surface area contributed by atoms with E-state index in [9.17, 15) is 12.9 Å². The summed E-state index contributed by atoms with van der Waals surface area (Å²) < 4.78 is 35.3. The Balaban J connectivity index is 0.000000370. The van der Waals surface area contributed by atoms with Crippen molar-refractivity contribution >= 4 is 32.7 Å². The van der Waals surface area contributed by atoms with Crippen molar-refractivity contribution in [2.75, 3.05) is 5.75 Å². The Hall–Kier alpha value is -0.210. The zero-order chi connectivity index (χ0) is 15.8. The molecule has 116 valence electrons. The summed E-state index contributed by atoms with van der Waals surface area (Å²) in [4.78, 5) is 0. The standard InChI is InChI=1S/C10H13I.C4H9FO3S/c1-10(2,3)8-4-6-9(11)7-5-8;1-2-3-4-9(6,7)8-5/h4-7H,1-3H3;2-4H2,1H3. The van der Waals surface area contributed by atoms with Crippen LogP contribution in [0.2, 0.25) is 0 Å². The van der Waals surface area contributed by atoms with Crippen LogP contribution in [0.25, 0.3) is 0 Å². The number of hydrogen-bond acceptors (Lipinski definition) is 3. The number of benzene rings is 1. The Morgan fingerprint density at radius 3 is 2.05 bits per heavy atom. The molecule has 0 spiro atoms. The summed E-state index contributed by atoms with van der Waals surface area (Å²) in [6, 6.07) is 8.70. The molecule has 1 aromatic rings. The van der Waals surface area contributed by atoms with Crippen molar-refractivity contribution in [3.8, 4) is 0 Å². The highest BCUT2D eigenvalue weighted by Crippen LogP contribution is 2.22. The second kappa shape index (κ2) is 8.94. The first-order valence-electron chi connectivity index (χ1n) is 6.41. The maximum Gasteiger partial charge on any atom is 0.297 e. The molecule has 1 aromatic carbocycles. The summed E-state index contributed by atoms with van der Waals surface area (Å²) in [7, 11) is -3.85. The lowest BCUT2D eigenvalue weighted by atomic mass is 9.87. The molecule has 0 fully saturated rings. The van der Waals surface area contributed by atoms with Crippen molar-refractivity contribution in [2.45, 2.75) is 46.0 Å². The van der Waals surface area contributed by atoms with E-state index >= 15 is 0 Å². The van der Waals surface area contributed by atoms with Crippen LogP contribution in [0.3, 0.4) is 0 Å². The van der Waals surface area contributed by atoms with Crippen LogP contribution < -0.4 is 0 Å². The van der Waals surface area contributed by atoms with Gasteiger partial charge in [0.1, 0.15) is 0 Å². The SMILES string of the molecule is CC(C)(C)c1ccc(I)cc1.CCCCS(=O)(=O)OF. The third-order valence-corrected chi connectivity index (χ3v) is 4.25. The normalized spacial score (nSPS) is 11.7. The molecule has 0 aliphatic carbocycles. The predicted octanol–water partition coefficient (Wildman–Crippen LogP) is 4.61. The zero-order valence-electron chi connectivity index (χ0n) is 12.3. The first kappa shape index (κ1) is 19.8. The zero-order valence-corrected chi connectivity index (χ0v) is 15.3. The van der Waals surface area contributed by atoms with Gasteiger partial charge in [-0.05, 0) is 56.6 Å². The second-order valence-electron chi connectivity index (χ2n) is 5.44. The van der Waals surface area contributed by atoms with Crippen LogP contribution in [-0.4, -0.2) is 14.2 Å². The molecular weight excluding hydrogens is 394 g/mol. The number of halogens is 2. The molecule has 6 heteroatoms. The molecule has 3 nitrogen and oxygen atoms in total. The molecule has 20 heavy (non-hydrogen) atoms. The Labute approximate surface area is 135 Å². The van der Waals surface area contributed by atoms with Gasteiger partial charge in [-0.1, -0.05) is 50.6 Å². The molecule has 0 saturated heterocycles. The highest BCUT2D eigenvalue weighted by molar-refractivity contribution is 14.1. The number of rotatable bonds is 4. The minimum atomic E-state index is -3.85. The van der Waals surface area contributed by atoms with E-state index < -0.39 is 10.1 Å². The predicted molar refractivity (Wildman–Crippen MR) is 88.7 cm³/mol. The number of hydrogen-bond donors (Lipinski definition) is 0. The van der Waals surface area contributed by atoms with Gasteiger partial charge in [0.2, 0.25) is 0 Å². The van der Waals surface area contributed by atoms with Crippen LogP contribution in [0.4, 0.5) is 4.53 Å². The van der Waals surface area contributed by atoms with Crippen LogP contribution in [0.5, 0.6) is 0 Å². The Morgan fingerprint density at radius 2 is 1.70 bits per heavy atom. The van der Waals surface area contributed by atoms with Crippen molar-refractivity contribution in [3.63, 3.8) is 0 Å². The average molecular weight is 416 g/mol. The van der Waals surface area contributed by atoms with Crippen molar-refractivity contribution in [3.05, 3.63) is 33.4 Å².